The van der Waals surface area contributed by atoms with E-state index in [0.717, 1.165) is 11.4 Å². The molecular formula is C13H13ClO2. The number of benzene rings is 1. The van der Waals surface area contributed by atoms with Crippen LogP contribution in [0.15, 0.2) is 18.2 Å². The van der Waals surface area contributed by atoms with Crippen molar-refractivity contribution < 1.29 is 9.47 Å². The normalized spacial score (nSPS) is 45.9. The minimum absolute atomic E-state index is 0.0515. The summed E-state index contributed by atoms with van der Waals surface area (Å²) in [5.74, 6) is 0.833. The van der Waals surface area contributed by atoms with Gasteiger partial charge in [0.2, 0.25) is 0 Å². The van der Waals surface area contributed by atoms with E-state index in [1.165, 1.54) is 11.1 Å². The minimum Gasteiger partial charge on any atom is -0.374 e. The average Bonchev–Trinajstić information content (AvgIpc) is 2.64. The molecule has 0 saturated heterocycles. The fraction of sp³-hybridized carbons (Fsp3) is 0.538. The van der Waals surface area contributed by atoms with Crippen molar-refractivity contribution in [2.24, 2.45) is 0 Å². The highest BCUT2D eigenvalue weighted by Crippen LogP contribution is 2.86. The predicted octanol–water partition coefficient (Wildman–Crippen LogP) is 2.71. The first-order valence-corrected chi connectivity index (χ1v) is 5.99. The Hall–Kier alpha value is -0.570. The largest absolute Gasteiger partial charge is 0.374 e. The molecule has 4 atom stereocenters. The Morgan fingerprint density at radius 2 is 2.12 bits per heavy atom. The van der Waals surface area contributed by atoms with Crippen molar-refractivity contribution in [1.82, 2.24) is 0 Å². The van der Waals surface area contributed by atoms with E-state index in [9.17, 15) is 0 Å². The monoisotopic (exact) mass is 236 g/mol. The Balaban J connectivity index is 1.94. The molecule has 2 saturated carbocycles. The van der Waals surface area contributed by atoms with Crippen LogP contribution in [-0.2, 0) is 9.47 Å². The average molecular weight is 237 g/mol. The molecule has 0 bridgehead atoms. The van der Waals surface area contributed by atoms with Crippen molar-refractivity contribution in [2.75, 3.05) is 14.2 Å². The third-order valence-electron chi connectivity index (χ3n) is 4.95. The second-order valence-corrected chi connectivity index (χ2v) is 5.43. The molecule has 1 aromatic rings. The maximum atomic E-state index is 6.29. The number of rotatable bonds is 2. The lowest BCUT2D eigenvalue weighted by Crippen LogP contribution is -2.47. The van der Waals surface area contributed by atoms with Crippen LogP contribution >= 0.6 is 11.6 Å². The Morgan fingerprint density at radius 3 is 2.81 bits per heavy atom. The van der Waals surface area contributed by atoms with Gasteiger partial charge in [0, 0.05) is 31.1 Å². The van der Waals surface area contributed by atoms with Crippen molar-refractivity contribution in [3.05, 3.63) is 34.3 Å². The zero-order valence-electron chi connectivity index (χ0n) is 9.29. The third-order valence-corrected chi connectivity index (χ3v) is 5.28. The number of ether oxygens (including phenoxy) is 2. The summed E-state index contributed by atoms with van der Waals surface area (Å²) in [5, 5.41) is 0.885. The van der Waals surface area contributed by atoms with Crippen LogP contribution in [0.1, 0.15) is 29.4 Å². The van der Waals surface area contributed by atoms with Crippen molar-refractivity contribution in [3.63, 3.8) is 0 Å². The summed E-state index contributed by atoms with van der Waals surface area (Å²) >= 11 is 6.29. The van der Waals surface area contributed by atoms with Crippen LogP contribution < -0.4 is 0 Å². The molecule has 84 valence electrons. The van der Waals surface area contributed by atoms with Gasteiger partial charge in [-0.25, -0.2) is 0 Å². The van der Waals surface area contributed by atoms with Crippen molar-refractivity contribution >= 4 is 11.6 Å². The second-order valence-electron chi connectivity index (χ2n) is 5.02. The lowest BCUT2D eigenvalue weighted by molar-refractivity contribution is -0.113. The molecule has 16 heavy (non-hydrogen) atoms. The van der Waals surface area contributed by atoms with Gasteiger partial charge in [-0.15, -0.1) is 0 Å². The topological polar surface area (TPSA) is 18.5 Å². The van der Waals surface area contributed by atoms with Crippen LogP contribution in [-0.4, -0.2) is 25.4 Å². The zero-order valence-corrected chi connectivity index (χ0v) is 10.0. The zero-order chi connectivity index (χ0) is 11.1. The molecule has 3 aliphatic carbocycles. The number of methoxy groups -OCH3 is 2. The van der Waals surface area contributed by atoms with Gasteiger partial charge < -0.3 is 9.47 Å². The minimum atomic E-state index is -0.102. The Bertz CT molecular complexity index is 501. The predicted molar refractivity (Wildman–Crippen MR) is 61.0 cm³/mol. The molecule has 2 fully saturated rings. The molecule has 0 spiro atoms. The number of fused-ring (bicyclic) bond motifs is 4. The summed E-state index contributed by atoms with van der Waals surface area (Å²) in [6.07, 6.45) is 1.05. The van der Waals surface area contributed by atoms with E-state index in [-0.39, 0.29) is 11.2 Å². The van der Waals surface area contributed by atoms with Gasteiger partial charge in [-0.2, -0.15) is 0 Å². The highest BCUT2D eigenvalue weighted by Gasteiger charge is 2.93. The molecule has 0 aliphatic heterocycles. The fourth-order valence-corrected chi connectivity index (χ4v) is 4.68. The quantitative estimate of drug-likeness (QED) is 0.786. The molecule has 3 aliphatic rings. The van der Waals surface area contributed by atoms with Gasteiger partial charge >= 0.3 is 0 Å². The van der Waals surface area contributed by atoms with Gasteiger partial charge in [0.1, 0.15) is 11.2 Å². The molecule has 4 rings (SSSR count). The van der Waals surface area contributed by atoms with E-state index in [0.29, 0.717) is 11.8 Å². The Kier molecular flexibility index (Phi) is 1.46. The van der Waals surface area contributed by atoms with Crippen LogP contribution in [0.5, 0.6) is 0 Å². The summed E-state index contributed by atoms with van der Waals surface area (Å²) in [7, 11) is 3.58. The van der Waals surface area contributed by atoms with Gasteiger partial charge in [-0.3, -0.25) is 0 Å². The van der Waals surface area contributed by atoms with Crippen LogP contribution in [0.4, 0.5) is 0 Å². The molecular weight excluding hydrogens is 224 g/mol. The summed E-state index contributed by atoms with van der Waals surface area (Å²) in [4.78, 5) is 0. The standard InChI is InChI=1S/C13H13ClO2/c1-15-12-6-8-10-7(4-3-5-9(10)14)11(12)13(8,12)16-2/h3-5,8,11H,6H2,1-2H3. The summed E-state index contributed by atoms with van der Waals surface area (Å²) in [6, 6.07) is 6.16. The molecule has 4 unspecified atom stereocenters. The SMILES string of the molecule is COC12CC3c4c(Cl)cccc4C1C32OC. The molecule has 2 nitrogen and oxygen atoms in total. The molecule has 0 aromatic heterocycles. The first-order chi connectivity index (χ1) is 7.73. The highest BCUT2D eigenvalue weighted by atomic mass is 35.5. The van der Waals surface area contributed by atoms with E-state index in [4.69, 9.17) is 21.1 Å². The highest BCUT2D eigenvalue weighted by molar-refractivity contribution is 6.31. The molecule has 3 heteroatoms. The van der Waals surface area contributed by atoms with Crippen molar-refractivity contribution in [1.29, 1.82) is 0 Å². The maximum absolute atomic E-state index is 6.29. The first-order valence-electron chi connectivity index (χ1n) is 5.61. The summed E-state index contributed by atoms with van der Waals surface area (Å²) < 4.78 is 11.5. The van der Waals surface area contributed by atoms with Gasteiger partial charge in [-0.05, 0) is 23.6 Å². The van der Waals surface area contributed by atoms with E-state index in [1.807, 2.05) is 12.1 Å². The number of hydrogen-bond donors (Lipinski definition) is 0. The molecule has 0 amide bonds. The van der Waals surface area contributed by atoms with Gasteiger partial charge in [0.25, 0.3) is 0 Å². The van der Waals surface area contributed by atoms with Gasteiger partial charge in [0.15, 0.2) is 0 Å². The Morgan fingerprint density at radius 1 is 1.31 bits per heavy atom. The van der Waals surface area contributed by atoms with Crippen LogP contribution in [0.3, 0.4) is 0 Å². The number of halogens is 1. The van der Waals surface area contributed by atoms with Crippen LogP contribution in [0.2, 0.25) is 5.02 Å². The van der Waals surface area contributed by atoms with Gasteiger partial charge in [-0.1, -0.05) is 23.7 Å². The van der Waals surface area contributed by atoms with Gasteiger partial charge in [0.05, 0.1) is 0 Å². The lowest BCUT2D eigenvalue weighted by atomic mass is 9.73. The van der Waals surface area contributed by atoms with Crippen LogP contribution in [0, 0.1) is 0 Å². The third kappa shape index (κ3) is 0.629. The molecule has 0 N–H and O–H groups in total. The summed E-state index contributed by atoms with van der Waals surface area (Å²) in [5.41, 5.74) is 2.49. The van der Waals surface area contributed by atoms with Crippen LogP contribution in [0.25, 0.3) is 0 Å². The van der Waals surface area contributed by atoms with Crippen molar-refractivity contribution in [2.45, 2.75) is 29.5 Å². The molecule has 0 heterocycles. The van der Waals surface area contributed by atoms with E-state index >= 15 is 0 Å². The lowest BCUT2D eigenvalue weighted by Gasteiger charge is -2.42. The second kappa shape index (κ2) is 2.47. The smallest absolute Gasteiger partial charge is 0.114 e. The molecule has 1 aromatic carbocycles. The summed E-state index contributed by atoms with van der Waals surface area (Å²) in [6.45, 7) is 0. The number of hydrogen-bond acceptors (Lipinski definition) is 2. The van der Waals surface area contributed by atoms with E-state index in [1.54, 1.807) is 14.2 Å². The molecule has 0 radical (unpaired) electrons. The fourth-order valence-electron chi connectivity index (χ4n) is 4.37. The first kappa shape index (κ1) is 9.46. The van der Waals surface area contributed by atoms with E-state index < -0.39 is 0 Å². The van der Waals surface area contributed by atoms with Crippen molar-refractivity contribution in [3.8, 4) is 0 Å². The van der Waals surface area contributed by atoms with E-state index in [2.05, 4.69) is 6.07 Å². The maximum Gasteiger partial charge on any atom is 0.114 e. The Labute approximate surface area is 99.5 Å².